The third kappa shape index (κ3) is 5.61. The van der Waals surface area contributed by atoms with E-state index in [-0.39, 0.29) is 16.8 Å². The lowest BCUT2D eigenvalue weighted by Gasteiger charge is -2.22. The van der Waals surface area contributed by atoms with Crippen molar-refractivity contribution < 1.29 is 17.9 Å². The number of benzene rings is 2. The molecule has 0 spiro atoms. The standard InChI is InChI=1S/C23H30N2O4S/c1-16-8-7-9-17(2)22(16)29-18(3)23(26)24-19-12-14-21(15-13-19)30(27,28)25-20-10-5-4-6-11-20/h7-9,12-15,18,20,25H,4-6,10-11H2,1-3H3,(H,24,26). The zero-order chi connectivity index (χ0) is 21.7. The van der Waals surface area contributed by atoms with Crippen LogP contribution in [-0.2, 0) is 14.8 Å². The van der Waals surface area contributed by atoms with Gasteiger partial charge < -0.3 is 10.1 Å². The molecule has 1 aliphatic carbocycles. The Kier molecular flexibility index (Phi) is 7.15. The van der Waals surface area contributed by atoms with E-state index in [9.17, 15) is 13.2 Å². The van der Waals surface area contributed by atoms with Gasteiger partial charge >= 0.3 is 0 Å². The van der Waals surface area contributed by atoms with E-state index in [4.69, 9.17) is 4.74 Å². The second-order valence-corrected chi connectivity index (χ2v) is 9.66. The molecule has 30 heavy (non-hydrogen) atoms. The average molecular weight is 431 g/mol. The highest BCUT2D eigenvalue weighted by atomic mass is 32.2. The van der Waals surface area contributed by atoms with Crippen LogP contribution in [0.2, 0.25) is 0 Å². The minimum Gasteiger partial charge on any atom is -0.480 e. The minimum atomic E-state index is -3.56. The summed E-state index contributed by atoms with van der Waals surface area (Å²) in [7, 11) is -3.56. The molecule has 1 fully saturated rings. The van der Waals surface area contributed by atoms with Gasteiger partial charge in [0.15, 0.2) is 6.10 Å². The maximum Gasteiger partial charge on any atom is 0.265 e. The van der Waals surface area contributed by atoms with Gasteiger partial charge in [0.1, 0.15) is 5.75 Å². The van der Waals surface area contributed by atoms with E-state index in [1.165, 1.54) is 12.1 Å². The summed E-state index contributed by atoms with van der Waals surface area (Å²) in [4.78, 5) is 12.7. The fourth-order valence-corrected chi connectivity index (χ4v) is 4.99. The molecule has 1 amide bonds. The molecule has 162 valence electrons. The van der Waals surface area contributed by atoms with Crippen molar-refractivity contribution >= 4 is 21.6 Å². The number of hydrogen-bond donors (Lipinski definition) is 2. The van der Waals surface area contributed by atoms with Crippen LogP contribution in [0, 0.1) is 13.8 Å². The molecule has 2 aromatic rings. The molecule has 1 saturated carbocycles. The molecule has 1 aliphatic rings. The van der Waals surface area contributed by atoms with E-state index in [2.05, 4.69) is 10.0 Å². The molecule has 0 saturated heterocycles. The summed E-state index contributed by atoms with van der Waals surface area (Å²) in [6, 6.07) is 12.0. The summed E-state index contributed by atoms with van der Waals surface area (Å²) in [6.45, 7) is 5.56. The maximum absolute atomic E-state index is 12.6. The normalized spacial score (nSPS) is 16.1. The number of carbonyl (C=O) groups is 1. The Balaban J connectivity index is 1.61. The number of amides is 1. The predicted molar refractivity (Wildman–Crippen MR) is 118 cm³/mol. The van der Waals surface area contributed by atoms with Crippen molar-refractivity contribution in [3.8, 4) is 5.75 Å². The first-order valence-corrected chi connectivity index (χ1v) is 11.9. The second-order valence-electron chi connectivity index (χ2n) is 7.95. The van der Waals surface area contributed by atoms with Crippen molar-refractivity contribution in [1.29, 1.82) is 0 Å². The Labute approximate surface area is 179 Å². The molecule has 6 nitrogen and oxygen atoms in total. The molecule has 0 aliphatic heterocycles. The summed E-state index contributed by atoms with van der Waals surface area (Å²) in [5, 5.41) is 2.78. The first kappa shape index (κ1) is 22.3. The van der Waals surface area contributed by atoms with Crippen LogP contribution in [-0.4, -0.2) is 26.5 Å². The molecule has 3 rings (SSSR count). The highest BCUT2D eigenvalue weighted by Crippen LogP contribution is 2.24. The van der Waals surface area contributed by atoms with Crippen LogP contribution >= 0.6 is 0 Å². The van der Waals surface area contributed by atoms with E-state index in [0.717, 1.165) is 43.2 Å². The van der Waals surface area contributed by atoms with Crippen molar-refractivity contribution in [3.05, 3.63) is 53.6 Å². The molecule has 0 radical (unpaired) electrons. The van der Waals surface area contributed by atoms with Crippen molar-refractivity contribution in [3.63, 3.8) is 0 Å². The summed E-state index contributed by atoms with van der Waals surface area (Å²) in [6.07, 6.45) is 4.34. The minimum absolute atomic E-state index is 0.00558. The SMILES string of the molecule is Cc1cccc(C)c1OC(C)C(=O)Nc1ccc(S(=O)(=O)NC2CCCCC2)cc1. The second kappa shape index (κ2) is 9.62. The summed E-state index contributed by atoms with van der Waals surface area (Å²) >= 11 is 0. The van der Waals surface area contributed by atoms with E-state index in [0.29, 0.717) is 11.4 Å². The van der Waals surface area contributed by atoms with E-state index < -0.39 is 16.1 Å². The van der Waals surface area contributed by atoms with Gasteiger partial charge in [0, 0.05) is 11.7 Å². The number of carbonyl (C=O) groups excluding carboxylic acids is 1. The van der Waals surface area contributed by atoms with E-state index in [1.54, 1.807) is 19.1 Å². The molecule has 0 aromatic heterocycles. The lowest BCUT2D eigenvalue weighted by Crippen LogP contribution is -2.36. The Morgan fingerprint density at radius 3 is 2.20 bits per heavy atom. The smallest absolute Gasteiger partial charge is 0.265 e. The first-order chi connectivity index (χ1) is 14.3. The van der Waals surface area contributed by atoms with Crippen LogP contribution in [0.15, 0.2) is 47.4 Å². The zero-order valence-electron chi connectivity index (χ0n) is 17.8. The van der Waals surface area contributed by atoms with Crippen molar-refractivity contribution in [1.82, 2.24) is 4.72 Å². The van der Waals surface area contributed by atoms with Gasteiger partial charge in [-0.2, -0.15) is 0 Å². The fraction of sp³-hybridized carbons (Fsp3) is 0.435. The van der Waals surface area contributed by atoms with Crippen LogP contribution in [0.5, 0.6) is 5.75 Å². The molecular weight excluding hydrogens is 400 g/mol. The quantitative estimate of drug-likeness (QED) is 0.685. The lowest BCUT2D eigenvalue weighted by molar-refractivity contribution is -0.122. The Hall–Kier alpha value is -2.38. The first-order valence-electron chi connectivity index (χ1n) is 10.4. The molecule has 2 N–H and O–H groups in total. The van der Waals surface area contributed by atoms with Gasteiger partial charge in [-0.1, -0.05) is 37.5 Å². The largest absolute Gasteiger partial charge is 0.480 e. The molecule has 2 aromatic carbocycles. The van der Waals surface area contributed by atoms with Gasteiger partial charge in [0.25, 0.3) is 5.91 Å². The molecule has 1 atom stereocenters. The third-order valence-electron chi connectivity index (χ3n) is 5.43. The summed E-state index contributed by atoms with van der Waals surface area (Å²) in [5.74, 6) is 0.406. The summed E-state index contributed by atoms with van der Waals surface area (Å²) < 4.78 is 33.8. The average Bonchev–Trinajstić information content (AvgIpc) is 2.71. The van der Waals surface area contributed by atoms with Crippen LogP contribution in [0.4, 0.5) is 5.69 Å². The van der Waals surface area contributed by atoms with Crippen molar-refractivity contribution in [2.45, 2.75) is 69.9 Å². The van der Waals surface area contributed by atoms with Crippen LogP contribution in [0.3, 0.4) is 0 Å². The van der Waals surface area contributed by atoms with Crippen LogP contribution in [0.25, 0.3) is 0 Å². The zero-order valence-corrected chi connectivity index (χ0v) is 18.6. The van der Waals surface area contributed by atoms with Crippen LogP contribution in [0.1, 0.15) is 50.2 Å². The monoisotopic (exact) mass is 430 g/mol. The number of ether oxygens (including phenoxy) is 1. The highest BCUT2D eigenvalue weighted by Gasteiger charge is 2.22. The number of hydrogen-bond acceptors (Lipinski definition) is 4. The maximum atomic E-state index is 12.6. The van der Waals surface area contributed by atoms with Gasteiger partial charge in [0.2, 0.25) is 10.0 Å². The lowest BCUT2D eigenvalue weighted by atomic mass is 9.96. The van der Waals surface area contributed by atoms with E-state index >= 15 is 0 Å². The molecule has 7 heteroatoms. The Bertz CT molecular complexity index is 961. The van der Waals surface area contributed by atoms with Gasteiger partial charge in [-0.05, 0) is 69.0 Å². The predicted octanol–water partition coefficient (Wildman–Crippen LogP) is 4.32. The van der Waals surface area contributed by atoms with Crippen LogP contribution < -0.4 is 14.8 Å². The number of aryl methyl sites for hydroxylation is 2. The number of para-hydroxylation sites is 1. The molecule has 0 bridgehead atoms. The van der Waals surface area contributed by atoms with Gasteiger partial charge in [0.05, 0.1) is 4.90 Å². The molecule has 1 unspecified atom stereocenters. The topological polar surface area (TPSA) is 84.5 Å². The third-order valence-corrected chi connectivity index (χ3v) is 6.97. The molecular formula is C23H30N2O4S. The number of rotatable bonds is 7. The number of anilines is 1. The van der Waals surface area contributed by atoms with Crippen molar-refractivity contribution in [2.24, 2.45) is 0 Å². The molecule has 0 heterocycles. The fourth-order valence-electron chi connectivity index (χ4n) is 3.68. The Morgan fingerprint density at radius 2 is 1.60 bits per heavy atom. The van der Waals surface area contributed by atoms with E-state index in [1.807, 2.05) is 32.0 Å². The van der Waals surface area contributed by atoms with Gasteiger partial charge in [-0.15, -0.1) is 0 Å². The number of sulfonamides is 1. The van der Waals surface area contributed by atoms with Crippen molar-refractivity contribution in [2.75, 3.05) is 5.32 Å². The summed E-state index contributed by atoms with van der Waals surface area (Å²) in [5.41, 5.74) is 2.46. The highest BCUT2D eigenvalue weighted by molar-refractivity contribution is 7.89. The number of nitrogens with one attached hydrogen (secondary N) is 2. The van der Waals surface area contributed by atoms with Gasteiger partial charge in [-0.3, -0.25) is 4.79 Å². The Morgan fingerprint density at radius 1 is 1.00 bits per heavy atom. The van der Waals surface area contributed by atoms with Gasteiger partial charge in [-0.25, -0.2) is 13.1 Å².